The third-order valence-corrected chi connectivity index (χ3v) is 5.66. The zero-order chi connectivity index (χ0) is 16.4. The molecule has 0 saturated heterocycles. The van der Waals surface area contributed by atoms with Crippen LogP contribution in [0.3, 0.4) is 0 Å². The van der Waals surface area contributed by atoms with Crippen molar-refractivity contribution in [2.45, 2.75) is 6.61 Å². The number of hydrogen-bond donors (Lipinski definition) is 0. The van der Waals surface area contributed by atoms with Gasteiger partial charge in [0.25, 0.3) is 0 Å². The molecule has 0 spiro atoms. The fourth-order valence-corrected chi connectivity index (χ4v) is 4.15. The van der Waals surface area contributed by atoms with Gasteiger partial charge in [0, 0.05) is 6.20 Å². The maximum Gasteiger partial charge on any atom is 0.348 e. The van der Waals surface area contributed by atoms with Crippen LogP contribution in [-0.2, 0) is 11.3 Å². The quantitative estimate of drug-likeness (QED) is 0.496. The van der Waals surface area contributed by atoms with Crippen LogP contribution in [0.15, 0.2) is 60.8 Å². The molecular weight excluding hydrogens is 340 g/mol. The molecule has 118 valence electrons. The van der Waals surface area contributed by atoms with E-state index in [1.54, 1.807) is 23.6 Å². The fourth-order valence-electron chi connectivity index (χ4n) is 2.23. The number of benzene rings is 1. The van der Waals surface area contributed by atoms with Gasteiger partial charge >= 0.3 is 5.97 Å². The molecule has 0 amide bonds. The molecule has 0 aliphatic carbocycles. The molecule has 3 aromatic heterocycles. The number of nitrogens with zero attached hydrogens (tertiary/aromatic N) is 2. The molecular formula is C18H12N2O2S2. The van der Waals surface area contributed by atoms with Crippen LogP contribution < -0.4 is 0 Å². The lowest BCUT2D eigenvalue weighted by atomic mass is 10.3. The SMILES string of the molecule is O=C(OCc1ccccn1)c1ccc(-c2nc3ccccc3s2)s1. The average molecular weight is 352 g/mol. The van der Waals surface area contributed by atoms with Crippen LogP contribution in [0.2, 0.25) is 0 Å². The third-order valence-electron chi connectivity index (χ3n) is 3.39. The van der Waals surface area contributed by atoms with E-state index in [0.29, 0.717) is 4.88 Å². The zero-order valence-electron chi connectivity index (χ0n) is 12.5. The van der Waals surface area contributed by atoms with E-state index in [0.717, 1.165) is 25.8 Å². The summed E-state index contributed by atoms with van der Waals surface area (Å²) in [5.41, 5.74) is 1.71. The number of aromatic nitrogens is 2. The summed E-state index contributed by atoms with van der Waals surface area (Å²) >= 11 is 3.02. The van der Waals surface area contributed by atoms with Crippen LogP contribution in [0.1, 0.15) is 15.4 Å². The second kappa shape index (κ2) is 6.51. The van der Waals surface area contributed by atoms with Gasteiger partial charge in [-0.25, -0.2) is 9.78 Å². The Bertz CT molecular complexity index is 959. The highest BCUT2D eigenvalue weighted by molar-refractivity contribution is 7.26. The Morgan fingerprint density at radius 1 is 1.00 bits per heavy atom. The lowest BCUT2D eigenvalue weighted by Gasteiger charge is -2.01. The summed E-state index contributed by atoms with van der Waals surface area (Å²) in [4.78, 5) is 22.5. The van der Waals surface area contributed by atoms with Gasteiger partial charge in [-0.15, -0.1) is 22.7 Å². The fraction of sp³-hybridized carbons (Fsp3) is 0.0556. The predicted molar refractivity (Wildman–Crippen MR) is 96.3 cm³/mol. The van der Waals surface area contributed by atoms with Gasteiger partial charge in [0.2, 0.25) is 0 Å². The van der Waals surface area contributed by atoms with Gasteiger partial charge in [-0.2, -0.15) is 0 Å². The molecule has 0 unspecified atom stereocenters. The number of ether oxygens (including phenoxy) is 1. The molecule has 24 heavy (non-hydrogen) atoms. The Balaban J connectivity index is 1.50. The number of para-hydroxylation sites is 1. The molecule has 4 aromatic rings. The number of fused-ring (bicyclic) bond motifs is 1. The first-order valence-corrected chi connectivity index (χ1v) is 8.96. The van der Waals surface area contributed by atoms with Crippen LogP contribution in [0, 0.1) is 0 Å². The first-order chi connectivity index (χ1) is 11.8. The van der Waals surface area contributed by atoms with Gasteiger partial charge in [0.1, 0.15) is 16.5 Å². The van der Waals surface area contributed by atoms with Crippen LogP contribution in [-0.4, -0.2) is 15.9 Å². The monoisotopic (exact) mass is 352 g/mol. The Labute approximate surface area is 146 Å². The molecule has 3 heterocycles. The molecule has 0 N–H and O–H groups in total. The predicted octanol–water partition coefficient (Wildman–Crippen LogP) is 4.78. The number of pyridine rings is 1. The highest BCUT2D eigenvalue weighted by Gasteiger charge is 2.14. The van der Waals surface area contributed by atoms with Crippen molar-refractivity contribution in [3.05, 3.63) is 71.4 Å². The lowest BCUT2D eigenvalue weighted by molar-refractivity contribution is 0.0473. The van der Waals surface area contributed by atoms with Crippen LogP contribution >= 0.6 is 22.7 Å². The Kier molecular flexibility index (Phi) is 4.06. The maximum atomic E-state index is 12.2. The van der Waals surface area contributed by atoms with Gasteiger partial charge in [-0.1, -0.05) is 18.2 Å². The number of carbonyl (C=O) groups is 1. The number of thiazole rings is 1. The molecule has 6 heteroatoms. The summed E-state index contributed by atoms with van der Waals surface area (Å²) < 4.78 is 6.45. The van der Waals surface area contributed by atoms with Crippen molar-refractivity contribution >= 4 is 38.9 Å². The van der Waals surface area contributed by atoms with Crippen molar-refractivity contribution in [2.75, 3.05) is 0 Å². The van der Waals surface area contributed by atoms with Gasteiger partial charge in [-0.05, 0) is 36.4 Å². The highest BCUT2D eigenvalue weighted by Crippen LogP contribution is 2.34. The van der Waals surface area contributed by atoms with Crippen LogP contribution in [0.5, 0.6) is 0 Å². The highest BCUT2D eigenvalue weighted by atomic mass is 32.1. The van der Waals surface area contributed by atoms with Gasteiger partial charge in [-0.3, -0.25) is 4.98 Å². The molecule has 4 rings (SSSR count). The van der Waals surface area contributed by atoms with E-state index in [4.69, 9.17) is 4.74 Å². The summed E-state index contributed by atoms with van der Waals surface area (Å²) in [6, 6.07) is 17.2. The van der Waals surface area contributed by atoms with E-state index in [1.165, 1.54) is 11.3 Å². The second-order valence-electron chi connectivity index (χ2n) is 5.05. The largest absolute Gasteiger partial charge is 0.455 e. The minimum absolute atomic E-state index is 0.175. The van der Waals surface area contributed by atoms with Gasteiger partial charge < -0.3 is 4.74 Å². The Morgan fingerprint density at radius 3 is 2.71 bits per heavy atom. The van der Waals surface area contributed by atoms with Crippen LogP contribution in [0.4, 0.5) is 0 Å². The summed E-state index contributed by atoms with van der Waals surface area (Å²) in [7, 11) is 0. The van der Waals surface area contributed by atoms with E-state index in [-0.39, 0.29) is 12.6 Å². The van der Waals surface area contributed by atoms with Crippen molar-refractivity contribution < 1.29 is 9.53 Å². The molecule has 0 atom stereocenters. The number of hydrogen-bond acceptors (Lipinski definition) is 6. The maximum absolute atomic E-state index is 12.2. The Hall–Kier alpha value is -2.57. The number of esters is 1. The molecule has 0 aliphatic rings. The molecule has 0 saturated carbocycles. The van der Waals surface area contributed by atoms with E-state index in [9.17, 15) is 4.79 Å². The Morgan fingerprint density at radius 2 is 1.88 bits per heavy atom. The van der Waals surface area contributed by atoms with Crippen molar-refractivity contribution in [1.82, 2.24) is 9.97 Å². The standard InChI is InChI=1S/C18H12N2O2S2/c21-18(22-11-12-5-3-4-10-19-12)16-9-8-15(23-16)17-20-13-6-1-2-7-14(13)24-17/h1-10H,11H2. The van der Waals surface area contributed by atoms with Gasteiger partial charge in [0.15, 0.2) is 0 Å². The minimum Gasteiger partial charge on any atom is -0.455 e. The van der Waals surface area contributed by atoms with E-state index < -0.39 is 0 Å². The molecule has 0 radical (unpaired) electrons. The molecule has 4 nitrogen and oxygen atoms in total. The number of carbonyl (C=O) groups excluding carboxylic acids is 1. The first kappa shape index (κ1) is 15.0. The lowest BCUT2D eigenvalue weighted by Crippen LogP contribution is -2.03. The first-order valence-electron chi connectivity index (χ1n) is 7.32. The molecule has 0 bridgehead atoms. The van der Waals surface area contributed by atoms with Crippen molar-refractivity contribution in [3.8, 4) is 9.88 Å². The normalized spacial score (nSPS) is 10.8. The van der Waals surface area contributed by atoms with Gasteiger partial charge in [0.05, 0.1) is 20.8 Å². The number of thiophene rings is 1. The summed E-state index contributed by atoms with van der Waals surface area (Å²) in [5.74, 6) is -0.335. The molecule has 0 aliphatic heterocycles. The topological polar surface area (TPSA) is 52.1 Å². The van der Waals surface area contributed by atoms with E-state index in [1.807, 2.05) is 48.5 Å². The van der Waals surface area contributed by atoms with Crippen molar-refractivity contribution in [2.24, 2.45) is 0 Å². The second-order valence-corrected chi connectivity index (χ2v) is 7.16. The summed E-state index contributed by atoms with van der Waals surface area (Å²) in [6.45, 7) is 0.175. The average Bonchev–Trinajstić information content (AvgIpc) is 3.27. The van der Waals surface area contributed by atoms with E-state index in [2.05, 4.69) is 9.97 Å². The molecule has 0 fully saturated rings. The van der Waals surface area contributed by atoms with E-state index >= 15 is 0 Å². The minimum atomic E-state index is -0.335. The summed E-state index contributed by atoms with van der Waals surface area (Å²) in [5, 5.41) is 0.921. The van der Waals surface area contributed by atoms with Crippen LogP contribution in [0.25, 0.3) is 20.1 Å². The third kappa shape index (κ3) is 3.06. The summed E-state index contributed by atoms with van der Waals surface area (Å²) in [6.07, 6.45) is 1.68. The molecule has 1 aromatic carbocycles. The smallest absolute Gasteiger partial charge is 0.348 e. The number of rotatable bonds is 4. The van der Waals surface area contributed by atoms with Crippen molar-refractivity contribution in [1.29, 1.82) is 0 Å². The zero-order valence-corrected chi connectivity index (χ0v) is 14.1. The van der Waals surface area contributed by atoms with Crippen molar-refractivity contribution in [3.63, 3.8) is 0 Å².